The lowest BCUT2D eigenvalue weighted by Crippen LogP contribution is -2.44. The van der Waals surface area contributed by atoms with Crippen LogP contribution in [0, 0.1) is 17.2 Å². The van der Waals surface area contributed by atoms with Crippen molar-refractivity contribution in [1.82, 2.24) is 10.2 Å². The summed E-state index contributed by atoms with van der Waals surface area (Å²) < 4.78 is 0. The van der Waals surface area contributed by atoms with E-state index in [0.29, 0.717) is 17.4 Å². The average molecular weight is 301 g/mol. The summed E-state index contributed by atoms with van der Waals surface area (Å²) in [7, 11) is 0. The van der Waals surface area contributed by atoms with Gasteiger partial charge in [0.25, 0.3) is 0 Å². The molecule has 1 amide bonds. The quantitative estimate of drug-likeness (QED) is 0.934. The zero-order valence-electron chi connectivity index (χ0n) is 12.0. The van der Waals surface area contributed by atoms with Crippen molar-refractivity contribution in [3.05, 3.63) is 21.9 Å². The van der Waals surface area contributed by atoms with Crippen LogP contribution in [0.4, 0.5) is 0 Å². The highest BCUT2D eigenvalue weighted by atomic mass is 32.1. The number of hydrogen-bond acceptors (Lipinski definition) is 4. The van der Waals surface area contributed by atoms with Crippen LogP contribution in [0.25, 0.3) is 0 Å². The Kier molecular flexibility index (Phi) is 3.05. The van der Waals surface area contributed by atoms with Gasteiger partial charge in [-0.1, -0.05) is 12.8 Å². The second kappa shape index (κ2) is 4.82. The molecule has 2 saturated carbocycles. The standard InChI is InChI=1S/C16H19N3OS/c17-8-12-7-13(21-10-12)14-18-16(5-1-2-6-16)15(20)19(14)9-11-3-4-11/h7,10-11,14,18H,1-6,9H2. The zero-order chi connectivity index (χ0) is 14.4. The second-order valence-corrected chi connectivity index (χ2v) is 7.53. The third-order valence-electron chi connectivity index (χ3n) is 5.02. The number of nitrogens with one attached hydrogen (secondary N) is 1. The molecule has 5 heteroatoms. The zero-order valence-corrected chi connectivity index (χ0v) is 12.8. The molecule has 1 aromatic heterocycles. The van der Waals surface area contributed by atoms with Crippen molar-refractivity contribution in [2.24, 2.45) is 5.92 Å². The summed E-state index contributed by atoms with van der Waals surface area (Å²) in [6.45, 7) is 0.873. The minimum atomic E-state index is -0.323. The van der Waals surface area contributed by atoms with Gasteiger partial charge in [0.2, 0.25) is 5.91 Å². The van der Waals surface area contributed by atoms with Crippen LogP contribution in [0.5, 0.6) is 0 Å². The maximum atomic E-state index is 13.0. The van der Waals surface area contributed by atoms with E-state index < -0.39 is 0 Å². The van der Waals surface area contributed by atoms with E-state index in [1.54, 1.807) is 11.3 Å². The topological polar surface area (TPSA) is 56.1 Å². The van der Waals surface area contributed by atoms with Gasteiger partial charge in [-0.2, -0.15) is 5.26 Å². The first-order valence-electron chi connectivity index (χ1n) is 7.79. The monoisotopic (exact) mass is 301 g/mol. The van der Waals surface area contributed by atoms with Gasteiger partial charge in [-0.05, 0) is 37.7 Å². The molecule has 110 valence electrons. The number of thiophene rings is 1. The van der Waals surface area contributed by atoms with Crippen molar-refractivity contribution in [1.29, 1.82) is 5.26 Å². The van der Waals surface area contributed by atoms with Crippen LogP contribution in [0.2, 0.25) is 0 Å². The molecule has 3 fully saturated rings. The lowest BCUT2D eigenvalue weighted by Gasteiger charge is -2.23. The van der Waals surface area contributed by atoms with Gasteiger partial charge >= 0.3 is 0 Å². The van der Waals surface area contributed by atoms with E-state index in [4.69, 9.17) is 5.26 Å². The fourth-order valence-electron chi connectivity index (χ4n) is 3.68. The Morgan fingerprint density at radius 1 is 1.43 bits per heavy atom. The molecule has 4 rings (SSSR count). The van der Waals surface area contributed by atoms with Gasteiger partial charge in [0.05, 0.1) is 11.1 Å². The van der Waals surface area contributed by atoms with Crippen LogP contribution >= 0.6 is 11.3 Å². The molecular formula is C16H19N3OS. The first-order chi connectivity index (χ1) is 10.2. The number of carbonyl (C=O) groups excluding carboxylic acids is 1. The number of carbonyl (C=O) groups is 1. The molecule has 2 heterocycles. The van der Waals surface area contributed by atoms with Gasteiger partial charge < -0.3 is 4.90 Å². The number of nitriles is 1. The summed E-state index contributed by atoms with van der Waals surface area (Å²) in [5, 5.41) is 14.5. The summed E-state index contributed by atoms with van der Waals surface area (Å²) in [6, 6.07) is 4.12. The Morgan fingerprint density at radius 2 is 2.19 bits per heavy atom. The smallest absolute Gasteiger partial charge is 0.244 e. The van der Waals surface area contributed by atoms with Gasteiger partial charge in [-0.3, -0.25) is 10.1 Å². The minimum Gasteiger partial charge on any atom is -0.320 e. The van der Waals surface area contributed by atoms with E-state index in [-0.39, 0.29) is 11.7 Å². The third kappa shape index (κ3) is 2.18. The molecule has 1 atom stereocenters. The highest BCUT2D eigenvalue weighted by Crippen LogP contribution is 2.44. The van der Waals surface area contributed by atoms with Gasteiger partial charge in [0.1, 0.15) is 12.2 Å². The molecule has 3 aliphatic rings. The van der Waals surface area contributed by atoms with Gasteiger partial charge in [0, 0.05) is 16.8 Å². The van der Waals surface area contributed by atoms with Gasteiger partial charge in [-0.15, -0.1) is 11.3 Å². The molecule has 0 aromatic carbocycles. The molecule has 1 aromatic rings. The van der Waals surface area contributed by atoms with Crippen LogP contribution in [0.15, 0.2) is 11.4 Å². The lowest BCUT2D eigenvalue weighted by atomic mass is 9.98. The Morgan fingerprint density at radius 3 is 2.81 bits per heavy atom. The highest BCUT2D eigenvalue weighted by molar-refractivity contribution is 7.10. The number of rotatable bonds is 3. The molecule has 2 aliphatic carbocycles. The highest BCUT2D eigenvalue weighted by Gasteiger charge is 2.53. The van der Waals surface area contributed by atoms with Crippen molar-refractivity contribution < 1.29 is 4.79 Å². The first kappa shape index (κ1) is 13.3. The SMILES string of the molecule is N#Cc1csc(C2NC3(CCCC3)C(=O)N2CC2CC2)c1. The number of hydrogen-bond donors (Lipinski definition) is 1. The van der Waals surface area contributed by atoms with Gasteiger partial charge in [-0.25, -0.2) is 0 Å². The molecule has 0 radical (unpaired) electrons. The van der Waals surface area contributed by atoms with Crippen molar-refractivity contribution in [3.8, 4) is 6.07 Å². The molecule has 4 nitrogen and oxygen atoms in total. The first-order valence-corrected chi connectivity index (χ1v) is 8.67. The number of nitrogens with zero attached hydrogens (tertiary/aromatic N) is 2. The van der Waals surface area contributed by atoms with E-state index in [2.05, 4.69) is 16.3 Å². The summed E-state index contributed by atoms with van der Waals surface area (Å²) in [5.41, 5.74) is 0.374. The molecule has 1 saturated heterocycles. The second-order valence-electron chi connectivity index (χ2n) is 6.59. The molecule has 1 aliphatic heterocycles. The van der Waals surface area contributed by atoms with E-state index in [1.165, 1.54) is 12.8 Å². The predicted octanol–water partition coefficient (Wildman–Crippen LogP) is 2.77. The Hall–Kier alpha value is -1.38. The Labute approximate surface area is 128 Å². The number of amides is 1. The summed E-state index contributed by atoms with van der Waals surface area (Å²) >= 11 is 1.59. The summed E-state index contributed by atoms with van der Waals surface area (Å²) in [5.74, 6) is 0.981. The van der Waals surface area contributed by atoms with Crippen molar-refractivity contribution in [2.45, 2.75) is 50.2 Å². The van der Waals surface area contributed by atoms with Crippen LogP contribution in [-0.4, -0.2) is 22.9 Å². The molecule has 0 bridgehead atoms. The summed E-state index contributed by atoms with van der Waals surface area (Å²) in [4.78, 5) is 16.1. The van der Waals surface area contributed by atoms with E-state index in [9.17, 15) is 4.79 Å². The third-order valence-corrected chi connectivity index (χ3v) is 6.01. The molecule has 1 unspecified atom stereocenters. The van der Waals surface area contributed by atoms with Crippen molar-refractivity contribution in [2.75, 3.05) is 6.54 Å². The molecule has 1 N–H and O–H groups in total. The van der Waals surface area contributed by atoms with Crippen LogP contribution in [0.3, 0.4) is 0 Å². The molecule has 1 spiro atoms. The van der Waals surface area contributed by atoms with E-state index >= 15 is 0 Å². The van der Waals surface area contributed by atoms with Crippen LogP contribution < -0.4 is 5.32 Å². The van der Waals surface area contributed by atoms with Crippen LogP contribution in [-0.2, 0) is 4.79 Å². The van der Waals surface area contributed by atoms with Crippen LogP contribution in [0.1, 0.15) is 55.1 Å². The average Bonchev–Trinajstić information content (AvgIpc) is 2.92. The Balaban J connectivity index is 1.66. The fourth-order valence-corrected chi connectivity index (χ4v) is 4.57. The maximum absolute atomic E-state index is 13.0. The van der Waals surface area contributed by atoms with Crippen molar-refractivity contribution >= 4 is 17.2 Å². The summed E-state index contributed by atoms with van der Waals surface area (Å²) in [6.07, 6.45) is 6.66. The lowest BCUT2D eigenvalue weighted by molar-refractivity contribution is -0.133. The predicted molar refractivity (Wildman–Crippen MR) is 80.5 cm³/mol. The Bertz CT molecular complexity index is 607. The normalized spacial score (nSPS) is 27.5. The maximum Gasteiger partial charge on any atom is 0.244 e. The van der Waals surface area contributed by atoms with Crippen molar-refractivity contribution in [3.63, 3.8) is 0 Å². The van der Waals surface area contributed by atoms with Gasteiger partial charge in [0.15, 0.2) is 0 Å². The fraction of sp³-hybridized carbons (Fsp3) is 0.625. The molecule has 21 heavy (non-hydrogen) atoms. The minimum absolute atomic E-state index is 0.0247. The van der Waals surface area contributed by atoms with E-state index in [0.717, 1.165) is 37.1 Å². The largest absolute Gasteiger partial charge is 0.320 e. The molecular weight excluding hydrogens is 282 g/mol. The van der Waals surface area contributed by atoms with E-state index in [1.807, 2.05) is 11.4 Å².